The Labute approximate surface area is 86.3 Å². The molecule has 1 rings (SSSR count). The SMILES string of the molecule is CC(C)[C@H](N)C(=O)OC1NC(=O)NC1=O. The van der Waals surface area contributed by atoms with E-state index in [0.29, 0.717) is 0 Å². The van der Waals surface area contributed by atoms with Gasteiger partial charge in [-0.05, 0) is 5.92 Å². The molecule has 1 unspecified atom stereocenters. The summed E-state index contributed by atoms with van der Waals surface area (Å²) in [6, 6.07) is -1.49. The summed E-state index contributed by atoms with van der Waals surface area (Å²) in [5, 5.41) is 4.06. The van der Waals surface area contributed by atoms with Crippen LogP contribution in [0.4, 0.5) is 4.79 Å². The van der Waals surface area contributed by atoms with Gasteiger partial charge in [-0.1, -0.05) is 13.8 Å². The zero-order valence-electron chi connectivity index (χ0n) is 8.44. The zero-order chi connectivity index (χ0) is 11.6. The lowest BCUT2D eigenvalue weighted by molar-refractivity contribution is -0.157. The van der Waals surface area contributed by atoms with Crippen molar-refractivity contribution in [1.29, 1.82) is 0 Å². The van der Waals surface area contributed by atoms with Crippen molar-refractivity contribution in [3.05, 3.63) is 0 Å². The molecule has 84 valence electrons. The molecular formula is C8H13N3O4. The summed E-state index contributed by atoms with van der Waals surface area (Å²) in [6.45, 7) is 3.50. The number of nitrogens with one attached hydrogen (secondary N) is 2. The van der Waals surface area contributed by atoms with Crippen molar-refractivity contribution in [2.45, 2.75) is 26.1 Å². The van der Waals surface area contributed by atoms with E-state index in [1.807, 2.05) is 5.32 Å². The van der Waals surface area contributed by atoms with Crippen molar-refractivity contribution in [3.8, 4) is 0 Å². The molecule has 0 aromatic carbocycles. The van der Waals surface area contributed by atoms with Gasteiger partial charge in [0.05, 0.1) is 0 Å². The molecule has 15 heavy (non-hydrogen) atoms. The van der Waals surface area contributed by atoms with Crippen LogP contribution in [-0.4, -0.2) is 30.2 Å². The summed E-state index contributed by atoms with van der Waals surface area (Å²) < 4.78 is 4.71. The molecule has 1 aliphatic rings. The molecule has 0 spiro atoms. The first-order valence-corrected chi connectivity index (χ1v) is 4.49. The maximum absolute atomic E-state index is 11.3. The van der Waals surface area contributed by atoms with E-state index in [0.717, 1.165) is 0 Å². The van der Waals surface area contributed by atoms with Crippen LogP contribution in [0.1, 0.15) is 13.8 Å². The van der Waals surface area contributed by atoms with Gasteiger partial charge in [0.2, 0.25) is 0 Å². The molecule has 7 heteroatoms. The lowest BCUT2D eigenvalue weighted by Gasteiger charge is -2.16. The highest BCUT2D eigenvalue weighted by Gasteiger charge is 2.34. The first kappa shape index (κ1) is 11.4. The van der Waals surface area contributed by atoms with E-state index in [-0.39, 0.29) is 5.92 Å². The van der Waals surface area contributed by atoms with Crippen LogP contribution in [0.2, 0.25) is 0 Å². The number of imide groups is 1. The molecule has 0 radical (unpaired) electrons. The second kappa shape index (κ2) is 4.26. The Bertz CT molecular complexity index is 302. The fourth-order valence-electron chi connectivity index (χ4n) is 0.948. The number of nitrogens with two attached hydrogens (primary N) is 1. The Kier molecular flexibility index (Phi) is 3.25. The molecule has 1 fully saturated rings. The van der Waals surface area contributed by atoms with E-state index in [9.17, 15) is 14.4 Å². The third-order valence-electron chi connectivity index (χ3n) is 1.96. The van der Waals surface area contributed by atoms with Gasteiger partial charge in [-0.25, -0.2) is 4.79 Å². The van der Waals surface area contributed by atoms with Gasteiger partial charge in [0.25, 0.3) is 12.1 Å². The highest BCUT2D eigenvalue weighted by Crippen LogP contribution is 2.03. The number of rotatable bonds is 3. The number of carbonyl (C=O) groups excluding carboxylic acids is 3. The molecule has 0 aliphatic carbocycles. The summed E-state index contributed by atoms with van der Waals surface area (Å²) in [7, 11) is 0. The highest BCUT2D eigenvalue weighted by molar-refractivity contribution is 6.04. The molecule has 1 saturated heterocycles. The van der Waals surface area contributed by atoms with Crippen molar-refractivity contribution < 1.29 is 19.1 Å². The lowest BCUT2D eigenvalue weighted by atomic mass is 10.1. The van der Waals surface area contributed by atoms with Crippen LogP contribution >= 0.6 is 0 Å². The van der Waals surface area contributed by atoms with Crippen LogP contribution in [0.25, 0.3) is 0 Å². The fraction of sp³-hybridized carbons (Fsp3) is 0.625. The predicted octanol–water partition coefficient (Wildman–Crippen LogP) is -1.32. The molecule has 1 heterocycles. The van der Waals surface area contributed by atoms with Gasteiger partial charge in [0.15, 0.2) is 0 Å². The molecule has 3 amide bonds. The van der Waals surface area contributed by atoms with E-state index in [4.69, 9.17) is 10.5 Å². The van der Waals surface area contributed by atoms with Crippen LogP contribution in [0, 0.1) is 5.92 Å². The van der Waals surface area contributed by atoms with Crippen LogP contribution in [-0.2, 0) is 14.3 Å². The molecule has 0 bridgehead atoms. The van der Waals surface area contributed by atoms with Crippen LogP contribution in [0.3, 0.4) is 0 Å². The van der Waals surface area contributed by atoms with Crippen LogP contribution in [0.5, 0.6) is 0 Å². The molecule has 0 aromatic heterocycles. The third-order valence-corrected chi connectivity index (χ3v) is 1.96. The topological polar surface area (TPSA) is 111 Å². The number of ether oxygens (including phenoxy) is 1. The molecule has 4 N–H and O–H groups in total. The summed E-state index contributed by atoms with van der Waals surface area (Å²) in [5.74, 6) is -1.51. The average molecular weight is 215 g/mol. The molecule has 0 saturated carbocycles. The number of esters is 1. The maximum atomic E-state index is 11.3. The van der Waals surface area contributed by atoms with Gasteiger partial charge in [-0.2, -0.15) is 0 Å². The number of carbonyl (C=O) groups is 3. The normalized spacial score (nSPS) is 22.3. The molecule has 7 nitrogen and oxygen atoms in total. The van der Waals surface area contributed by atoms with Crippen LogP contribution in [0.15, 0.2) is 0 Å². The van der Waals surface area contributed by atoms with Gasteiger partial charge >= 0.3 is 12.0 Å². The smallest absolute Gasteiger partial charge is 0.325 e. The maximum Gasteiger partial charge on any atom is 0.325 e. The second-order valence-corrected chi connectivity index (χ2v) is 3.55. The number of hydrogen-bond donors (Lipinski definition) is 3. The van der Waals surface area contributed by atoms with Gasteiger partial charge in [0, 0.05) is 0 Å². The summed E-state index contributed by atoms with van der Waals surface area (Å²) in [4.78, 5) is 33.0. The monoisotopic (exact) mass is 215 g/mol. The van der Waals surface area contributed by atoms with E-state index in [2.05, 4.69) is 5.32 Å². The van der Waals surface area contributed by atoms with E-state index in [1.54, 1.807) is 13.8 Å². The quantitative estimate of drug-likeness (QED) is 0.399. The number of urea groups is 1. The minimum atomic E-state index is -1.27. The van der Waals surface area contributed by atoms with Crippen molar-refractivity contribution in [1.82, 2.24) is 10.6 Å². The molecular weight excluding hydrogens is 202 g/mol. The Morgan fingerprint density at radius 3 is 2.47 bits per heavy atom. The summed E-state index contributed by atoms with van der Waals surface area (Å²) in [5.41, 5.74) is 5.50. The minimum Gasteiger partial charge on any atom is -0.431 e. The van der Waals surface area contributed by atoms with Crippen molar-refractivity contribution >= 4 is 17.9 Å². The van der Waals surface area contributed by atoms with Gasteiger partial charge in [-0.3, -0.25) is 20.2 Å². The van der Waals surface area contributed by atoms with Gasteiger partial charge < -0.3 is 10.5 Å². The first-order chi connectivity index (χ1) is 6.91. The zero-order valence-corrected chi connectivity index (χ0v) is 8.44. The van der Waals surface area contributed by atoms with E-state index < -0.39 is 30.2 Å². The fourth-order valence-corrected chi connectivity index (χ4v) is 0.948. The summed E-state index contributed by atoms with van der Waals surface area (Å²) >= 11 is 0. The van der Waals surface area contributed by atoms with Gasteiger partial charge in [-0.15, -0.1) is 0 Å². The van der Waals surface area contributed by atoms with Crippen molar-refractivity contribution in [3.63, 3.8) is 0 Å². The Morgan fingerprint density at radius 1 is 1.47 bits per heavy atom. The average Bonchev–Trinajstić information content (AvgIpc) is 2.43. The molecule has 0 aromatic rings. The van der Waals surface area contributed by atoms with Gasteiger partial charge in [0.1, 0.15) is 6.04 Å². The van der Waals surface area contributed by atoms with Crippen LogP contribution < -0.4 is 16.4 Å². The van der Waals surface area contributed by atoms with E-state index >= 15 is 0 Å². The standard InChI is InChI=1S/C8H13N3O4/c1-3(2)4(9)7(13)15-6-5(12)10-8(14)11-6/h3-4,6H,9H2,1-2H3,(H2,10,11,12,14)/t4-,6?/m0/s1. The molecule has 2 atom stereocenters. The lowest BCUT2D eigenvalue weighted by Crippen LogP contribution is -2.43. The Morgan fingerprint density at radius 2 is 2.07 bits per heavy atom. The number of hydrogen-bond acceptors (Lipinski definition) is 5. The highest BCUT2D eigenvalue weighted by atomic mass is 16.6. The van der Waals surface area contributed by atoms with E-state index in [1.165, 1.54) is 0 Å². The first-order valence-electron chi connectivity index (χ1n) is 4.49. The third kappa shape index (κ3) is 2.66. The van der Waals surface area contributed by atoms with Crippen molar-refractivity contribution in [2.75, 3.05) is 0 Å². The Balaban J connectivity index is 2.52. The predicted molar refractivity (Wildman–Crippen MR) is 49.4 cm³/mol. The van der Waals surface area contributed by atoms with Crippen molar-refractivity contribution in [2.24, 2.45) is 11.7 Å². The minimum absolute atomic E-state index is 0.0994. The number of amides is 3. The largest absolute Gasteiger partial charge is 0.431 e. The molecule has 1 aliphatic heterocycles. The Hall–Kier alpha value is -1.63. The summed E-state index contributed by atoms with van der Waals surface area (Å²) in [6.07, 6.45) is -1.27. The second-order valence-electron chi connectivity index (χ2n) is 3.55.